The van der Waals surface area contributed by atoms with E-state index in [0.29, 0.717) is 19.5 Å². The van der Waals surface area contributed by atoms with Crippen molar-refractivity contribution in [3.63, 3.8) is 0 Å². The molecule has 0 aromatic heterocycles. The minimum absolute atomic E-state index is 0.265. The zero-order valence-corrected chi connectivity index (χ0v) is 8.11. The fourth-order valence-electron chi connectivity index (χ4n) is 2.25. The third-order valence-electron chi connectivity index (χ3n) is 2.96. The fourth-order valence-corrected chi connectivity index (χ4v) is 2.25. The van der Waals surface area contributed by atoms with Gasteiger partial charge in [0.1, 0.15) is 0 Å². The van der Waals surface area contributed by atoms with Crippen LogP contribution in [0.1, 0.15) is 25.7 Å². The molecule has 1 aliphatic carbocycles. The van der Waals surface area contributed by atoms with Gasteiger partial charge in [-0.2, -0.15) is 0 Å². The summed E-state index contributed by atoms with van der Waals surface area (Å²) < 4.78 is 22.2. The summed E-state index contributed by atoms with van der Waals surface area (Å²) >= 11 is 0. The van der Waals surface area contributed by atoms with Crippen LogP contribution >= 0.6 is 0 Å². The molecule has 79 valence electrons. The molecule has 4 heteroatoms. The highest BCUT2D eigenvalue weighted by Crippen LogP contribution is 2.36. The predicted octanol–water partition coefficient (Wildman–Crippen LogP) is 1.21. The molecule has 14 heavy (non-hydrogen) atoms. The lowest BCUT2D eigenvalue weighted by atomic mass is 10.3. The van der Waals surface area contributed by atoms with Crippen molar-refractivity contribution in [2.75, 3.05) is 13.2 Å². The second kappa shape index (κ2) is 3.77. The Balaban J connectivity index is 1.59. The second-order valence-corrected chi connectivity index (χ2v) is 3.98. The van der Waals surface area contributed by atoms with Crippen molar-refractivity contribution >= 4 is 0 Å². The normalized spacial score (nSPS) is 44.1. The van der Waals surface area contributed by atoms with Crippen LogP contribution in [-0.4, -0.2) is 31.7 Å². The van der Waals surface area contributed by atoms with E-state index in [1.165, 1.54) is 6.42 Å². The van der Waals surface area contributed by atoms with Crippen molar-refractivity contribution in [1.29, 1.82) is 0 Å². The minimum Gasteiger partial charge on any atom is -0.341 e. The summed E-state index contributed by atoms with van der Waals surface area (Å²) in [5.41, 5.74) is 0. The van der Waals surface area contributed by atoms with Crippen molar-refractivity contribution in [2.45, 2.75) is 44.2 Å². The van der Waals surface area contributed by atoms with E-state index in [2.05, 4.69) is 0 Å². The Morgan fingerprint density at radius 1 is 0.857 bits per heavy atom. The maximum Gasteiger partial charge on any atom is 0.282 e. The highest BCUT2D eigenvalue weighted by Gasteiger charge is 2.44. The largest absolute Gasteiger partial charge is 0.341 e. The third-order valence-corrected chi connectivity index (χ3v) is 2.96. The zero-order chi connectivity index (χ0) is 9.38. The van der Waals surface area contributed by atoms with Gasteiger partial charge in [0, 0.05) is 0 Å². The van der Waals surface area contributed by atoms with Crippen LogP contribution in [0.2, 0.25) is 0 Å². The van der Waals surface area contributed by atoms with Crippen molar-refractivity contribution in [2.24, 2.45) is 0 Å². The van der Waals surface area contributed by atoms with Gasteiger partial charge in [-0.05, 0) is 25.7 Å². The van der Waals surface area contributed by atoms with Crippen LogP contribution in [0.3, 0.4) is 0 Å². The smallest absolute Gasteiger partial charge is 0.282 e. The number of ether oxygens (including phenoxy) is 4. The standard InChI is InChI=1S/C10H15O4/c1-3-7-8(4-1)14-10(13-7)9-11-5-2-6-12-9/h7-8,10H,1-6H2. The minimum atomic E-state index is -0.370. The van der Waals surface area contributed by atoms with Gasteiger partial charge in [-0.25, -0.2) is 0 Å². The van der Waals surface area contributed by atoms with Crippen LogP contribution in [-0.2, 0) is 18.9 Å². The van der Waals surface area contributed by atoms with E-state index in [4.69, 9.17) is 18.9 Å². The van der Waals surface area contributed by atoms with E-state index in [-0.39, 0.29) is 18.5 Å². The molecule has 2 atom stereocenters. The van der Waals surface area contributed by atoms with Crippen LogP contribution in [0.4, 0.5) is 0 Å². The van der Waals surface area contributed by atoms with Gasteiger partial charge in [-0.15, -0.1) is 0 Å². The summed E-state index contributed by atoms with van der Waals surface area (Å²) in [5.74, 6) is 0. The summed E-state index contributed by atoms with van der Waals surface area (Å²) in [6.45, 7) is 1.43. The molecule has 0 amide bonds. The molecule has 0 N–H and O–H groups in total. The van der Waals surface area contributed by atoms with Gasteiger partial charge in [0.25, 0.3) is 6.29 Å². The van der Waals surface area contributed by atoms with E-state index >= 15 is 0 Å². The number of rotatable bonds is 1. The van der Waals surface area contributed by atoms with Crippen LogP contribution in [0, 0.1) is 6.29 Å². The summed E-state index contributed by atoms with van der Waals surface area (Å²) in [4.78, 5) is 0. The average molecular weight is 199 g/mol. The second-order valence-electron chi connectivity index (χ2n) is 3.98. The Hall–Kier alpha value is -0.160. The number of hydrogen-bond donors (Lipinski definition) is 0. The molecule has 3 fully saturated rings. The van der Waals surface area contributed by atoms with Gasteiger partial charge < -0.3 is 18.9 Å². The molecular formula is C10H15O4. The zero-order valence-electron chi connectivity index (χ0n) is 8.11. The predicted molar refractivity (Wildman–Crippen MR) is 47.1 cm³/mol. The highest BCUT2D eigenvalue weighted by molar-refractivity contribution is 4.89. The lowest BCUT2D eigenvalue weighted by molar-refractivity contribution is -0.205. The van der Waals surface area contributed by atoms with Gasteiger partial charge in [0.2, 0.25) is 6.29 Å². The Morgan fingerprint density at radius 3 is 2.14 bits per heavy atom. The van der Waals surface area contributed by atoms with Crippen LogP contribution in [0.5, 0.6) is 0 Å². The molecule has 2 unspecified atom stereocenters. The lowest BCUT2D eigenvalue weighted by Crippen LogP contribution is -2.30. The Kier molecular flexibility index (Phi) is 2.45. The molecule has 0 bridgehead atoms. The molecule has 1 saturated carbocycles. The van der Waals surface area contributed by atoms with Crippen molar-refractivity contribution < 1.29 is 18.9 Å². The first-order valence-electron chi connectivity index (χ1n) is 5.37. The molecule has 2 saturated heterocycles. The van der Waals surface area contributed by atoms with E-state index in [1.807, 2.05) is 0 Å². The van der Waals surface area contributed by atoms with Gasteiger partial charge in [0.15, 0.2) is 0 Å². The summed E-state index contributed by atoms with van der Waals surface area (Å²) in [7, 11) is 0. The topological polar surface area (TPSA) is 36.9 Å². The van der Waals surface area contributed by atoms with Gasteiger partial charge in [-0.1, -0.05) is 0 Å². The molecule has 3 rings (SSSR count). The monoisotopic (exact) mass is 199 g/mol. The first-order valence-corrected chi connectivity index (χ1v) is 5.37. The number of fused-ring (bicyclic) bond motifs is 1. The van der Waals surface area contributed by atoms with Crippen molar-refractivity contribution in [3.8, 4) is 0 Å². The quantitative estimate of drug-likeness (QED) is 0.636. The first kappa shape index (κ1) is 9.09. The summed E-state index contributed by atoms with van der Waals surface area (Å²) in [5, 5.41) is 0. The summed E-state index contributed by atoms with van der Waals surface area (Å²) in [6.07, 6.45) is 5.06. The molecule has 2 aliphatic heterocycles. The molecule has 3 aliphatic rings. The maximum atomic E-state index is 5.72. The molecule has 0 spiro atoms. The molecule has 0 aromatic carbocycles. The Morgan fingerprint density at radius 2 is 1.50 bits per heavy atom. The highest BCUT2D eigenvalue weighted by atomic mass is 16.8. The maximum absolute atomic E-state index is 5.72. The van der Waals surface area contributed by atoms with Crippen LogP contribution in [0.25, 0.3) is 0 Å². The van der Waals surface area contributed by atoms with Gasteiger partial charge in [-0.3, -0.25) is 0 Å². The fraction of sp³-hybridized carbons (Fsp3) is 0.900. The number of hydrogen-bond acceptors (Lipinski definition) is 4. The SMILES string of the molecule is C1CO[C](C2OC3CCCC3O2)OC1. The molecule has 4 nitrogen and oxygen atoms in total. The van der Waals surface area contributed by atoms with Crippen LogP contribution < -0.4 is 0 Å². The van der Waals surface area contributed by atoms with E-state index in [0.717, 1.165) is 19.3 Å². The van der Waals surface area contributed by atoms with E-state index < -0.39 is 0 Å². The van der Waals surface area contributed by atoms with Crippen molar-refractivity contribution in [3.05, 3.63) is 6.29 Å². The first-order chi connectivity index (χ1) is 6.93. The van der Waals surface area contributed by atoms with Gasteiger partial charge in [0.05, 0.1) is 25.4 Å². The molecular weight excluding hydrogens is 184 g/mol. The Labute approximate surface area is 83.5 Å². The summed E-state index contributed by atoms with van der Waals surface area (Å²) in [6, 6.07) is 0. The third kappa shape index (κ3) is 1.56. The molecule has 0 aromatic rings. The lowest BCUT2D eigenvalue weighted by Gasteiger charge is -2.25. The van der Waals surface area contributed by atoms with E-state index in [1.54, 1.807) is 0 Å². The average Bonchev–Trinajstić information content (AvgIpc) is 2.78. The molecule has 2 heterocycles. The van der Waals surface area contributed by atoms with Gasteiger partial charge >= 0.3 is 0 Å². The Bertz CT molecular complexity index is 190. The van der Waals surface area contributed by atoms with Crippen LogP contribution in [0.15, 0.2) is 0 Å². The van der Waals surface area contributed by atoms with Crippen molar-refractivity contribution in [1.82, 2.24) is 0 Å². The van der Waals surface area contributed by atoms with E-state index in [9.17, 15) is 0 Å². The molecule has 1 radical (unpaired) electrons.